The third kappa shape index (κ3) is 6.93. The van der Waals surface area contributed by atoms with Crippen molar-refractivity contribution in [3.8, 4) is 0 Å². The van der Waals surface area contributed by atoms with Crippen LogP contribution >= 0.6 is 0 Å². The smallest absolute Gasteiger partial charge is 0.407 e. The fraction of sp³-hybridized carbons (Fsp3) is 0.640. The molecule has 8 nitrogen and oxygen atoms in total. The minimum atomic E-state index is -0.860. The number of unbranched alkanes of at least 4 members (excludes halogenated alkanes) is 1. The Kier molecular flexibility index (Phi) is 9.54. The van der Waals surface area contributed by atoms with E-state index < -0.39 is 24.1 Å². The number of carboxylic acid groups (broad SMARTS) is 1. The number of amides is 1. The van der Waals surface area contributed by atoms with Crippen molar-refractivity contribution in [2.75, 3.05) is 13.2 Å². The summed E-state index contributed by atoms with van der Waals surface area (Å²) < 4.78 is 10.5. The van der Waals surface area contributed by atoms with Crippen molar-refractivity contribution in [3.63, 3.8) is 0 Å². The monoisotopic (exact) mass is 460 g/mol. The van der Waals surface area contributed by atoms with Gasteiger partial charge < -0.3 is 19.9 Å². The van der Waals surface area contributed by atoms with Crippen molar-refractivity contribution in [2.24, 2.45) is 5.92 Å². The van der Waals surface area contributed by atoms with Crippen LogP contribution in [0.3, 0.4) is 0 Å². The molecule has 2 N–H and O–H groups in total. The lowest BCUT2D eigenvalue weighted by Gasteiger charge is -2.37. The van der Waals surface area contributed by atoms with Crippen LogP contribution in [0, 0.1) is 5.92 Å². The van der Waals surface area contributed by atoms with E-state index in [1.807, 2.05) is 35.2 Å². The molecule has 0 unspecified atom stereocenters. The van der Waals surface area contributed by atoms with E-state index in [1.54, 1.807) is 6.92 Å². The van der Waals surface area contributed by atoms with Gasteiger partial charge >= 0.3 is 18.0 Å². The number of alkyl carbamates (subject to hydrolysis) is 1. The average molecular weight is 461 g/mol. The van der Waals surface area contributed by atoms with Gasteiger partial charge in [-0.1, -0.05) is 43.2 Å². The van der Waals surface area contributed by atoms with Gasteiger partial charge in [-0.2, -0.15) is 0 Å². The number of hydrogen-bond acceptors (Lipinski definition) is 6. The Hall–Kier alpha value is -2.61. The summed E-state index contributed by atoms with van der Waals surface area (Å²) in [5.74, 6) is -0.871. The molecule has 182 valence electrons. The highest BCUT2D eigenvalue weighted by Crippen LogP contribution is 2.41. The summed E-state index contributed by atoms with van der Waals surface area (Å²) in [7, 11) is 0. The lowest BCUT2D eigenvalue weighted by atomic mass is 9.84. The minimum Gasteiger partial charge on any atom is -0.480 e. The van der Waals surface area contributed by atoms with Crippen LogP contribution in [0.25, 0.3) is 0 Å². The fourth-order valence-electron chi connectivity index (χ4n) is 5.23. The van der Waals surface area contributed by atoms with Crippen LogP contribution in [0.5, 0.6) is 0 Å². The Morgan fingerprint density at radius 1 is 1.12 bits per heavy atom. The number of benzene rings is 1. The number of fused-ring (bicyclic) bond motifs is 1. The lowest BCUT2D eigenvalue weighted by molar-refractivity contribution is -0.155. The summed E-state index contributed by atoms with van der Waals surface area (Å²) in [4.78, 5) is 38.7. The topological polar surface area (TPSA) is 105 Å². The maximum Gasteiger partial charge on any atom is 0.407 e. The van der Waals surface area contributed by atoms with Gasteiger partial charge in [0.1, 0.15) is 18.7 Å². The normalized spacial score (nSPS) is 23.4. The van der Waals surface area contributed by atoms with Crippen molar-refractivity contribution in [1.29, 1.82) is 0 Å². The second-order valence-corrected chi connectivity index (χ2v) is 8.90. The molecule has 0 spiro atoms. The predicted octanol–water partition coefficient (Wildman–Crippen LogP) is 3.73. The third-order valence-corrected chi connectivity index (χ3v) is 6.73. The molecule has 0 radical (unpaired) electrons. The summed E-state index contributed by atoms with van der Waals surface area (Å²) in [6, 6.07) is 8.39. The second-order valence-electron chi connectivity index (χ2n) is 8.90. The molecule has 1 saturated heterocycles. The lowest BCUT2D eigenvalue weighted by Crippen LogP contribution is -2.52. The van der Waals surface area contributed by atoms with Gasteiger partial charge in [0.15, 0.2) is 0 Å². The van der Waals surface area contributed by atoms with Crippen LogP contribution in [0.1, 0.15) is 63.9 Å². The van der Waals surface area contributed by atoms with Crippen molar-refractivity contribution < 1.29 is 29.0 Å². The number of ether oxygens (including phenoxy) is 2. The van der Waals surface area contributed by atoms with Crippen molar-refractivity contribution >= 4 is 18.0 Å². The van der Waals surface area contributed by atoms with Crippen molar-refractivity contribution in [1.82, 2.24) is 10.2 Å². The van der Waals surface area contributed by atoms with Gasteiger partial charge in [0.05, 0.1) is 6.61 Å². The van der Waals surface area contributed by atoms with E-state index in [0.29, 0.717) is 38.1 Å². The van der Waals surface area contributed by atoms with Crippen LogP contribution < -0.4 is 5.32 Å². The molecule has 0 bridgehead atoms. The van der Waals surface area contributed by atoms with Gasteiger partial charge in [-0.25, -0.2) is 4.79 Å². The number of likely N-dealkylation sites (tertiary alicyclic amines) is 1. The summed E-state index contributed by atoms with van der Waals surface area (Å²) in [5, 5.41) is 12.6. The summed E-state index contributed by atoms with van der Waals surface area (Å²) in [6.07, 6.45) is 6.10. The zero-order chi connectivity index (χ0) is 23.6. The highest BCUT2D eigenvalue weighted by Gasteiger charge is 2.49. The molecule has 33 heavy (non-hydrogen) atoms. The molecule has 1 heterocycles. The molecule has 1 aliphatic carbocycles. The molecule has 2 fully saturated rings. The van der Waals surface area contributed by atoms with E-state index in [1.165, 1.54) is 0 Å². The maximum absolute atomic E-state index is 12.8. The maximum atomic E-state index is 12.8. The Bertz CT molecular complexity index is 786. The van der Waals surface area contributed by atoms with Gasteiger partial charge in [0, 0.05) is 12.6 Å². The van der Waals surface area contributed by atoms with E-state index in [2.05, 4.69) is 5.32 Å². The van der Waals surface area contributed by atoms with E-state index in [4.69, 9.17) is 9.47 Å². The zero-order valence-electron chi connectivity index (χ0n) is 19.4. The summed E-state index contributed by atoms with van der Waals surface area (Å²) >= 11 is 0. The molecule has 4 atom stereocenters. The van der Waals surface area contributed by atoms with Gasteiger partial charge in [-0.05, 0) is 56.9 Å². The molecule has 1 saturated carbocycles. The van der Waals surface area contributed by atoms with Crippen molar-refractivity contribution in [2.45, 2.75) is 83.0 Å². The number of esters is 1. The van der Waals surface area contributed by atoms with Gasteiger partial charge in [-0.15, -0.1) is 0 Å². The third-order valence-electron chi connectivity index (χ3n) is 6.73. The zero-order valence-corrected chi connectivity index (χ0v) is 19.4. The Morgan fingerprint density at radius 3 is 2.61 bits per heavy atom. The molecule has 1 aliphatic heterocycles. The number of carbonyl (C=O) groups excluding carboxylic acids is 2. The molecule has 1 aromatic carbocycles. The first-order chi connectivity index (χ1) is 16.0. The number of nitrogens with one attached hydrogen (secondary N) is 1. The van der Waals surface area contributed by atoms with Crippen LogP contribution in [-0.4, -0.2) is 59.3 Å². The first kappa shape index (κ1) is 25.0. The highest BCUT2D eigenvalue weighted by molar-refractivity contribution is 5.79. The number of hydrogen-bond donors (Lipinski definition) is 2. The van der Waals surface area contributed by atoms with Crippen LogP contribution in [0.2, 0.25) is 0 Å². The largest absolute Gasteiger partial charge is 0.480 e. The molecular formula is C25H36N2O6. The van der Waals surface area contributed by atoms with E-state index in [9.17, 15) is 19.5 Å². The van der Waals surface area contributed by atoms with E-state index >= 15 is 0 Å². The fourth-order valence-corrected chi connectivity index (χ4v) is 5.23. The molecule has 3 rings (SSSR count). The number of aliphatic carboxylic acids is 1. The molecular weight excluding hydrogens is 424 g/mol. The molecule has 1 aromatic rings. The average Bonchev–Trinajstić information content (AvgIpc) is 3.20. The van der Waals surface area contributed by atoms with Gasteiger partial charge in [0.25, 0.3) is 0 Å². The summed E-state index contributed by atoms with van der Waals surface area (Å²) in [6.45, 7) is 2.68. The number of rotatable bonds is 11. The van der Waals surface area contributed by atoms with E-state index in [0.717, 1.165) is 31.2 Å². The first-order valence-electron chi connectivity index (χ1n) is 12.1. The van der Waals surface area contributed by atoms with Gasteiger partial charge in [-0.3, -0.25) is 14.5 Å². The number of carboxylic acids is 1. The number of nitrogens with zero attached hydrogens (tertiary/aromatic N) is 1. The minimum absolute atomic E-state index is 0.125. The Balaban J connectivity index is 1.50. The second kappa shape index (κ2) is 12.6. The molecule has 8 heteroatoms. The predicted molar refractivity (Wildman–Crippen MR) is 123 cm³/mol. The van der Waals surface area contributed by atoms with Gasteiger partial charge in [0.2, 0.25) is 0 Å². The quantitative estimate of drug-likeness (QED) is 0.383. The Morgan fingerprint density at radius 2 is 1.88 bits per heavy atom. The molecule has 0 aromatic heterocycles. The van der Waals surface area contributed by atoms with E-state index in [-0.39, 0.29) is 25.2 Å². The van der Waals surface area contributed by atoms with Crippen LogP contribution in [-0.2, 0) is 25.7 Å². The molecule has 1 amide bonds. The Labute approximate surface area is 195 Å². The standard InChI is InChI=1S/C25H36N2O6/c1-2-32-24(30)21(27-20-13-7-6-12-19(20)16-22(27)23(28)29)14-8-9-15-26-25(31)33-17-18-10-4-3-5-11-18/h3-5,10-11,19-22H,2,6-9,12-17H2,1H3,(H,26,31)(H,28,29)/t19-,20-,21+,22+/m1/s1. The number of carbonyl (C=O) groups is 3. The molecule has 2 aliphatic rings. The summed E-state index contributed by atoms with van der Waals surface area (Å²) in [5.41, 5.74) is 0.921. The van der Waals surface area contributed by atoms with Crippen molar-refractivity contribution in [3.05, 3.63) is 35.9 Å². The highest BCUT2D eigenvalue weighted by atomic mass is 16.5. The first-order valence-corrected chi connectivity index (χ1v) is 12.1. The van der Waals surface area contributed by atoms with Crippen LogP contribution in [0.4, 0.5) is 4.79 Å². The SMILES string of the molecule is CCOC(=O)[C@H](CCCCNC(=O)OCc1ccccc1)N1[C@@H]2CCCC[C@@H]2C[C@H]1C(=O)O. The van der Waals surface area contributed by atoms with Crippen LogP contribution in [0.15, 0.2) is 30.3 Å².